The van der Waals surface area contributed by atoms with Crippen LogP contribution >= 0.6 is 0 Å². The summed E-state index contributed by atoms with van der Waals surface area (Å²) in [4.78, 5) is 20.8. The fourth-order valence-corrected chi connectivity index (χ4v) is 3.28. The predicted octanol–water partition coefficient (Wildman–Crippen LogP) is 3.45. The van der Waals surface area contributed by atoms with Crippen LogP contribution in [0.25, 0.3) is 0 Å². The average molecular weight is 372 g/mol. The Morgan fingerprint density at radius 2 is 1.96 bits per heavy atom. The van der Waals surface area contributed by atoms with Crippen LogP contribution in [0.3, 0.4) is 0 Å². The van der Waals surface area contributed by atoms with Crippen LogP contribution in [-0.2, 0) is 6.42 Å². The highest BCUT2D eigenvalue weighted by atomic mass is 19.1. The second-order valence-corrected chi connectivity index (χ2v) is 6.50. The number of rotatable bonds is 4. The zero-order valence-corrected chi connectivity index (χ0v) is 16.0. The van der Waals surface area contributed by atoms with E-state index in [0.29, 0.717) is 43.4 Å². The van der Waals surface area contributed by atoms with E-state index in [1.165, 1.54) is 13.2 Å². The molecule has 1 aliphatic rings. The maximum atomic E-state index is 13.9. The van der Waals surface area contributed by atoms with Crippen LogP contribution in [-0.4, -0.2) is 49.2 Å². The van der Waals surface area contributed by atoms with Crippen LogP contribution < -0.4 is 15.0 Å². The molecule has 2 amide bonds. The Morgan fingerprint density at radius 1 is 1.26 bits per heavy atom. The van der Waals surface area contributed by atoms with Crippen molar-refractivity contribution in [2.24, 2.45) is 0 Å². The fourth-order valence-electron chi connectivity index (χ4n) is 3.28. The molecule has 6 nitrogen and oxygen atoms in total. The standard InChI is InChI=1S/C20H25FN4O2/c1-4-15-13-17(19(27-3)22-14(15)2)23-20(26)25-11-9-24(10-12-25)18-8-6-5-7-16(18)21/h5-8,13H,4,9-12H2,1-3H3,(H,23,26). The van der Waals surface area contributed by atoms with Crippen LogP contribution in [0, 0.1) is 12.7 Å². The van der Waals surface area contributed by atoms with Gasteiger partial charge in [0.05, 0.1) is 12.8 Å². The Bertz CT molecular complexity index is 820. The maximum absolute atomic E-state index is 13.9. The van der Waals surface area contributed by atoms with Crippen molar-refractivity contribution in [1.82, 2.24) is 9.88 Å². The third-order valence-corrected chi connectivity index (χ3v) is 4.86. The Morgan fingerprint density at radius 3 is 2.59 bits per heavy atom. The van der Waals surface area contributed by atoms with Gasteiger partial charge in [-0.2, -0.15) is 0 Å². The summed E-state index contributed by atoms with van der Waals surface area (Å²) < 4.78 is 19.3. The number of piperazine rings is 1. The average Bonchev–Trinajstić information content (AvgIpc) is 2.69. The number of methoxy groups -OCH3 is 1. The molecule has 3 rings (SSSR count). The fraction of sp³-hybridized carbons (Fsp3) is 0.400. The van der Waals surface area contributed by atoms with Crippen molar-refractivity contribution in [3.63, 3.8) is 0 Å². The first-order valence-electron chi connectivity index (χ1n) is 9.13. The van der Waals surface area contributed by atoms with Crippen molar-refractivity contribution in [1.29, 1.82) is 0 Å². The molecule has 0 saturated carbocycles. The van der Waals surface area contributed by atoms with Crippen LogP contribution in [0.4, 0.5) is 20.6 Å². The molecule has 27 heavy (non-hydrogen) atoms. The third kappa shape index (κ3) is 4.13. The number of amides is 2. The van der Waals surface area contributed by atoms with Gasteiger partial charge in [0.1, 0.15) is 11.5 Å². The molecule has 0 unspecified atom stereocenters. The second-order valence-electron chi connectivity index (χ2n) is 6.50. The summed E-state index contributed by atoms with van der Waals surface area (Å²) in [7, 11) is 1.54. The molecule has 1 aromatic heterocycles. The van der Waals surface area contributed by atoms with Crippen molar-refractivity contribution in [2.45, 2.75) is 20.3 Å². The Labute approximate surface area is 158 Å². The highest BCUT2D eigenvalue weighted by molar-refractivity contribution is 5.91. The number of carbonyl (C=O) groups excluding carboxylic acids is 1. The van der Waals surface area contributed by atoms with Gasteiger partial charge in [0, 0.05) is 31.9 Å². The van der Waals surface area contributed by atoms with Crippen molar-refractivity contribution >= 4 is 17.4 Å². The van der Waals surface area contributed by atoms with Gasteiger partial charge >= 0.3 is 6.03 Å². The number of ether oxygens (including phenoxy) is 1. The number of hydrogen-bond donors (Lipinski definition) is 1. The number of pyridine rings is 1. The Kier molecular flexibility index (Phi) is 5.78. The number of carbonyl (C=O) groups is 1. The monoisotopic (exact) mass is 372 g/mol. The molecule has 0 aliphatic carbocycles. The molecule has 2 heterocycles. The van der Waals surface area contributed by atoms with Gasteiger partial charge in [-0.05, 0) is 37.1 Å². The molecular weight excluding hydrogens is 347 g/mol. The first-order valence-corrected chi connectivity index (χ1v) is 9.13. The molecule has 1 aliphatic heterocycles. The highest BCUT2D eigenvalue weighted by Crippen LogP contribution is 2.26. The maximum Gasteiger partial charge on any atom is 0.322 e. The molecule has 0 atom stereocenters. The van der Waals surface area contributed by atoms with Gasteiger partial charge in [0.25, 0.3) is 0 Å². The number of benzene rings is 1. The van der Waals surface area contributed by atoms with Crippen molar-refractivity contribution in [3.8, 4) is 5.88 Å². The Hall–Kier alpha value is -2.83. The van der Waals surface area contributed by atoms with Crippen molar-refractivity contribution in [2.75, 3.05) is 43.5 Å². The minimum atomic E-state index is -0.238. The van der Waals surface area contributed by atoms with Gasteiger partial charge in [-0.15, -0.1) is 0 Å². The van der Waals surface area contributed by atoms with E-state index in [1.807, 2.05) is 30.9 Å². The van der Waals surface area contributed by atoms with E-state index in [2.05, 4.69) is 10.3 Å². The van der Waals surface area contributed by atoms with E-state index in [-0.39, 0.29) is 11.8 Å². The predicted molar refractivity (Wildman–Crippen MR) is 104 cm³/mol. The van der Waals surface area contributed by atoms with Crippen LogP contribution in [0.5, 0.6) is 5.88 Å². The number of urea groups is 1. The topological polar surface area (TPSA) is 57.7 Å². The molecule has 1 aromatic carbocycles. The lowest BCUT2D eigenvalue weighted by Crippen LogP contribution is -2.50. The van der Waals surface area contributed by atoms with Crippen LogP contribution in [0.1, 0.15) is 18.2 Å². The first kappa shape index (κ1) is 18.9. The number of nitrogens with zero attached hydrogens (tertiary/aromatic N) is 3. The first-order chi connectivity index (χ1) is 13.0. The molecule has 2 aromatic rings. The largest absolute Gasteiger partial charge is 0.480 e. The molecule has 0 radical (unpaired) electrons. The SMILES string of the molecule is CCc1cc(NC(=O)N2CCN(c3ccccc3F)CC2)c(OC)nc1C. The lowest BCUT2D eigenvalue weighted by Gasteiger charge is -2.36. The minimum absolute atomic E-state index is 0.200. The number of anilines is 2. The van der Waals surface area contributed by atoms with Gasteiger partial charge in [-0.3, -0.25) is 0 Å². The quantitative estimate of drug-likeness (QED) is 0.893. The zero-order chi connectivity index (χ0) is 19.4. The van der Waals surface area contributed by atoms with E-state index in [9.17, 15) is 9.18 Å². The molecule has 0 spiro atoms. The molecule has 7 heteroatoms. The molecular formula is C20H25FN4O2. The summed E-state index contributed by atoms with van der Waals surface area (Å²) in [6, 6.07) is 8.43. The van der Waals surface area contributed by atoms with E-state index < -0.39 is 0 Å². The number of hydrogen-bond acceptors (Lipinski definition) is 4. The number of nitrogens with one attached hydrogen (secondary N) is 1. The van der Waals surface area contributed by atoms with Gasteiger partial charge in [-0.25, -0.2) is 14.2 Å². The van der Waals surface area contributed by atoms with Crippen LogP contribution in [0.2, 0.25) is 0 Å². The summed E-state index contributed by atoms with van der Waals surface area (Å²) in [6.45, 7) is 6.17. The number of para-hydroxylation sites is 1. The summed E-state index contributed by atoms with van der Waals surface area (Å²) in [5.41, 5.74) is 3.11. The lowest BCUT2D eigenvalue weighted by atomic mass is 10.1. The van der Waals surface area contributed by atoms with E-state index >= 15 is 0 Å². The summed E-state index contributed by atoms with van der Waals surface area (Å²) >= 11 is 0. The minimum Gasteiger partial charge on any atom is -0.480 e. The highest BCUT2D eigenvalue weighted by Gasteiger charge is 2.23. The van der Waals surface area contributed by atoms with Gasteiger partial charge < -0.3 is 19.9 Å². The second kappa shape index (κ2) is 8.24. The van der Waals surface area contributed by atoms with E-state index in [0.717, 1.165) is 17.7 Å². The molecule has 0 bridgehead atoms. The smallest absolute Gasteiger partial charge is 0.322 e. The van der Waals surface area contributed by atoms with Gasteiger partial charge in [0.2, 0.25) is 5.88 Å². The molecule has 1 N–H and O–H groups in total. The van der Waals surface area contributed by atoms with Gasteiger partial charge in [0.15, 0.2) is 0 Å². The zero-order valence-electron chi connectivity index (χ0n) is 16.0. The lowest BCUT2D eigenvalue weighted by molar-refractivity contribution is 0.208. The van der Waals surface area contributed by atoms with Crippen molar-refractivity contribution in [3.05, 3.63) is 47.4 Å². The van der Waals surface area contributed by atoms with Gasteiger partial charge in [-0.1, -0.05) is 19.1 Å². The number of aromatic nitrogens is 1. The Balaban J connectivity index is 1.66. The molecule has 1 saturated heterocycles. The number of aryl methyl sites for hydroxylation is 2. The number of halogens is 1. The van der Waals surface area contributed by atoms with E-state index in [1.54, 1.807) is 17.0 Å². The van der Waals surface area contributed by atoms with E-state index in [4.69, 9.17) is 4.74 Å². The van der Waals surface area contributed by atoms with Crippen molar-refractivity contribution < 1.29 is 13.9 Å². The van der Waals surface area contributed by atoms with Crippen LogP contribution in [0.15, 0.2) is 30.3 Å². The third-order valence-electron chi connectivity index (χ3n) is 4.86. The summed E-state index contributed by atoms with van der Waals surface area (Å²) in [6.07, 6.45) is 0.826. The normalized spacial score (nSPS) is 14.2. The summed E-state index contributed by atoms with van der Waals surface area (Å²) in [5.74, 6) is 0.168. The molecule has 1 fully saturated rings. The summed E-state index contributed by atoms with van der Waals surface area (Å²) in [5, 5.41) is 2.91. The molecule has 144 valence electrons.